The molecule has 0 aliphatic rings. The lowest BCUT2D eigenvalue weighted by atomic mass is 10.1. The van der Waals surface area contributed by atoms with Gasteiger partial charge in [0.1, 0.15) is 0 Å². The number of nitrogens with one attached hydrogen (secondary N) is 2. The van der Waals surface area contributed by atoms with Gasteiger partial charge in [0.05, 0.1) is 18.3 Å². The Hall–Kier alpha value is -1.56. The Morgan fingerprint density at radius 1 is 1.32 bits per heavy atom. The van der Waals surface area contributed by atoms with Crippen molar-refractivity contribution in [3.8, 4) is 0 Å². The zero-order chi connectivity index (χ0) is 14.6. The number of hydrogen-bond donors (Lipinski definition) is 3. The summed E-state index contributed by atoms with van der Waals surface area (Å²) < 4.78 is 1.85. The minimum absolute atomic E-state index is 0.00694. The topological polar surface area (TPSA) is 79.2 Å². The molecule has 0 radical (unpaired) electrons. The molecule has 0 aromatic carbocycles. The number of rotatable bonds is 5. The highest BCUT2D eigenvalue weighted by Crippen LogP contribution is 2.13. The summed E-state index contributed by atoms with van der Waals surface area (Å²) in [5.41, 5.74) is 3.29. The second-order valence-corrected chi connectivity index (χ2v) is 5.08. The van der Waals surface area contributed by atoms with Gasteiger partial charge in [0.2, 0.25) is 0 Å². The van der Waals surface area contributed by atoms with E-state index in [2.05, 4.69) is 15.7 Å². The third kappa shape index (κ3) is 4.24. The van der Waals surface area contributed by atoms with E-state index < -0.39 is 0 Å². The molecule has 2 atom stereocenters. The maximum Gasteiger partial charge on any atom is 0.315 e. The molecule has 0 saturated heterocycles. The van der Waals surface area contributed by atoms with Gasteiger partial charge in [0.25, 0.3) is 0 Å². The Morgan fingerprint density at radius 2 is 1.89 bits per heavy atom. The smallest absolute Gasteiger partial charge is 0.315 e. The van der Waals surface area contributed by atoms with Crippen LogP contribution in [0.15, 0.2) is 0 Å². The van der Waals surface area contributed by atoms with Gasteiger partial charge in [-0.05, 0) is 39.7 Å². The number of nitrogens with zero attached hydrogens (tertiary/aromatic N) is 2. The third-order valence-electron chi connectivity index (χ3n) is 3.20. The molecule has 1 aromatic rings. The van der Waals surface area contributed by atoms with Crippen molar-refractivity contribution in [3.63, 3.8) is 0 Å². The molecule has 108 valence electrons. The van der Waals surface area contributed by atoms with Crippen LogP contribution in [0, 0.1) is 13.8 Å². The number of aliphatic hydroxyl groups is 1. The Kier molecular flexibility index (Phi) is 5.35. The molecule has 19 heavy (non-hydrogen) atoms. The summed E-state index contributed by atoms with van der Waals surface area (Å²) >= 11 is 0. The quantitative estimate of drug-likeness (QED) is 0.733. The van der Waals surface area contributed by atoms with E-state index in [-0.39, 0.29) is 24.7 Å². The largest absolute Gasteiger partial charge is 0.394 e. The van der Waals surface area contributed by atoms with Gasteiger partial charge in [0, 0.05) is 18.8 Å². The Morgan fingerprint density at radius 3 is 2.37 bits per heavy atom. The average molecular weight is 268 g/mol. The highest BCUT2D eigenvalue weighted by molar-refractivity contribution is 5.74. The molecule has 0 saturated carbocycles. The minimum atomic E-state index is -0.256. The van der Waals surface area contributed by atoms with Crippen molar-refractivity contribution >= 4 is 6.03 Å². The molecule has 1 rings (SSSR count). The average Bonchev–Trinajstić information content (AvgIpc) is 2.55. The monoisotopic (exact) mass is 268 g/mol. The number of aromatic nitrogens is 2. The van der Waals surface area contributed by atoms with Gasteiger partial charge in [-0.25, -0.2) is 4.79 Å². The van der Waals surface area contributed by atoms with Crippen molar-refractivity contribution in [3.05, 3.63) is 17.0 Å². The first-order chi connectivity index (χ1) is 8.85. The molecule has 0 fully saturated rings. The van der Waals surface area contributed by atoms with Crippen LogP contribution in [0.3, 0.4) is 0 Å². The van der Waals surface area contributed by atoms with Crippen molar-refractivity contribution in [2.75, 3.05) is 6.61 Å². The van der Waals surface area contributed by atoms with Crippen molar-refractivity contribution < 1.29 is 9.90 Å². The van der Waals surface area contributed by atoms with Crippen molar-refractivity contribution in [2.24, 2.45) is 7.05 Å². The molecule has 1 heterocycles. The fourth-order valence-corrected chi connectivity index (χ4v) is 2.00. The van der Waals surface area contributed by atoms with Gasteiger partial charge in [0.15, 0.2) is 0 Å². The number of carbonyl (C=O) groups is 1. The minimum Gasteiger partial charge on any atom is -0.394 e. The van der Waals surface area contributed by atoms with Crippen LogP contribution >= 0.6 is 0 Å². The van der Waals surface area contributed by atoms with Gasteiger partial charge >= 0.3 is 6.03 Å². The standard InChI is InChI=1S/C13H24N4O2/c1-8(14-13(19)15-9(2)7-18)6-12-10(3)16-17(5)11(12)4/h8-9,18H,6-7H2,1-5H3,(H2,14,15,19)/t8?,9-/m0/s1. The van der Waals surface area contributed by atoms with Crippen LogP contribution in [0.5, 0.6) is 0 Å². The van der Waals surface area contributed by atoms with Crippen LogP contribution in [-0.4, -0.2) is 39.6 Å². The fraction of sp³-hybridized carbons (Fsp3) is 0.692. The van der Waals surface area contributed by atoms with Gasteiger partial charge < -0.3 is 15.7 Å². The highest BCUT2D eigenvalue weighted by atomic mass is 16.3. The van der Waals surface area contributed by atoms with E-state index in [1.165, 1.54) is 5.56 Å². The normalized spacial score (nSPS) is 14.0. The second kappa shape index (κ2) is 6.56. The maximum atomic E-state index is 11.6. The molecule has 0 aliphatic heterocycles. The Bertz CT molecular complexity index is 442. The molecular weight excluding hydrogens is 244 g/mol. The first-order valence-electron chi connectivity index (χ1n) is 6.52. The molecule has 0 spiro atoms. The van der Waals surface area contributed by atoms with Crippen molar-refractivity contribution in [2.45, 2.75) is 46.2 Å². The molecule has 0 bridgehead atoms. The zero-order valence-corrected chi connectivity index (χ0v) is 12.3. The van der Waals surface area contributed by atoms with Gasteiger partial charge in [-0.2, -0.15) is 5.10 Å². The number of carbonyl (C=O) groups excluding carboxylic acids is 1. The summed E-state index contributed by atoms with van der Waals surface area (Å²) in [5.74, 6) is 0. The molecular formula is C13H24N4O2. The van der Waals surface area contributed by atoms with Crippen LogP contribution in [0.25, 0.3) is 0 Å². The number of urea groups is 1. The number of amides is 2. The fourth-order valence-electron chi connectivity index (χ4n) is 2.00. The summed E-state index contributed by atoms with van der Waals surface area (Å²) in [6.07, 6.45) is 0.742. The zero-order valence-electron chi connectivity index (χ0n) is 12.3. The van der Waals surface area contributed by atoms with E-state index in [4.69, 9.17) is 5.11 Å². The lowest BCUT2D eigenvalue weighted by Gasteiger charge is -2.17. The number of aliphatic hydroxyl groups excluding tert-OH is 1. The molecule has 1 aromatic heterocycles. The van der Waals surface area contributed by atoms with E-state index in [0.29, 0.717) is 0 Å². The van der Waals surface area contributed by atoms with Crippen molar-refractivity contribution in [1.82, 2.24) is 20.4 Å². The lowest BCUT2D eigenvalue weighted by Crippen LogP contribution is -2.46. The lowest BCUT2D eigenvalue weighted by molar-refractivity contribution is 0.218. The summed E-state index contributed by atoms with van der Waals surface area (Å²) in [6.45, 7) is 7.64. The summed E-state index contributed by atoms with van der Waals surface area (Å²) in [4.78, 5) is 11.6. The van der Waals surface area contributed by atoms with Crippen LogP contribution < -0.4 is 10.6 Å². The van der Waals surface area contributed by atoms with E-state index in [1.807, 2.05) is 32.5 Å². The summed E-state index contributed by atoms with van der Waals surface area (Å²) in [6, 6.07) is -0.491. The highest BCUT2D eigenvalue weighted by Gasteiger charge is 2.15. The van der Waals surface area contributed by atoms with Crippen LogP contribution in [0.4, 0.5) is 4.79 Å². The van der Waals surface area contributed by atoms with Gasteiger partial charge in [-0.3, -0.25) is 4.68 Å². The number of hydrogen-bond acceptors (Lipinski definition) is 3. The predicted molar refractivity (Wildman–Crippen MR) is 74.1 cm³/mol. The maximum absolute atomic E-state index is 11.6. The first-order valence-corrected chi connectivity index (χ1v) is 6.52. The molecule has 3 N–H and O–H groups in total. The summed E-state index contributed by atoms with van der Waals surface area (Å²) in [7, 11) is 1.92. The van der Waals surface area contributed by atoms with E-state index >= 15 is 0 Å². The summed E-state index contributed by atoms with van der Waals surface area (Å²) in [5, 5.41) is 18.8. The van der Waals surface area contributed by atoms with E-state index in [0.717, 1.165) is 17.8 Å². The molecule has 6 nitrogen and oxygen atoms in total. The van der Waals surface area contributed by atoms with E-state index in [1.54, 1.807) is 6.92 Å². The van der Waals surface area contributed by atoms with Crippen LogP contribution in [0.2, 0.25) is 0 Å². The van der Waals surface area contributed by atoms with Crippen LogP contribution in [-0.2, 0) is 13.5 Å². The van der Waals surface area contributed by atoms with Crippen molar-refractivity contribution in [1.29, 1.82) is 0 Å². The van der Waals surface area contributed by atoms with Gasteiger partial charge in [-0.1, -0.05) is 0 Å². The predicted octanol–water partition coefficient (Wildman–Crippen LogP) is 0.648. The molecule has 6 heteroatoms. The Balaban J connectivity index is 2.55. The second-order valence-electron chi connectivity index (χ2n) is 5.08. The van der Waals surface area contributed by atoms with Crippen LogP contribution in [0.1, 0.15) is 30.8 Å². The van der Waals surface area contributed by atoms with Gasteiger partial charge in [-0.15, -0.1) is 0 Å². The molecule has 2 amide bonds. The first kappa shape index (κ1) is 15.5. The third-order valence-corrected chi connectivity index (χ3v) is 3.20. The molecule has 0 aliphatic carbocycles. The van der Waals surface area contributed by atoms with E-state index in [9.17, 15) is 4.79 Å². The SMILES string of the molecule is Cc1nn(C)c(C)c1CC(C)NC(=O)N[C@@H](C)CO. The number of aryl methyl sites for hydroxylation is 2. The molecule has 1 unspecified atom stereocenters. The Labute approximate surface area is 114 Å².